The summed E-state index contributed by atoms with van der Waals surface area (Å²) in [5, 5.41) is 0. The maximum absolute atomic E-state index is 12.1. The zero-order chi connectivity index (χ0) is 14.6. The second kappa shape index (κ2) is 6.21. The van der Waals surface area contributed by atoms with Crippen LogP contribution in [0.4, 0.5) is 0 Å². The quantitative estimate of drug-likeness (QED) is 0.606. The number of hydrogen-bond donors (Lipinski definition) is 0. The van der Waals surface area contributed by atoms with Crippen LogP contribution in [0, 0.1) is 0 Å². The van der Waals surface area contributed by atoms with E-state index in [9.17, 15) is 9.36 Å². The molecule has 4 nitrogen and oxygen atoms in total. The van der Waals surface area contributed by atoms with Crippen LogP contribution in [-0.4, -0.2) is 30.3 Å². The number of aromatic nitrogens is 1. The molecule has 5 heteroatoms. The van der Waals surface area contributed by atoms with Crippen molar-refractivity contribution in [3.8, 4) is 0 Å². The second-order valence-electron chi connectivity index (χ2n) is 4.83. The van der Waals surface area contributed by atoms with Crippen molar-refractivity contribution < 1.29 is 13.9 Å². The molecule has 1 aromatic heterocycles. The number of carbonyl (C=O) groups excluding carboxylic acids is 1. The lowest BCUT2D eigenvalue weighted by Crippen LogP contribution is -2.07. The van der Waals surface area contributed by atoms with Gasteiger partial charge in [-0.15, -0.1) is 0 Å². The Labute approximate surface area is 118 Å². The summed E-state index contributed by atoms with van der Waals surface area (Å²) in [5.74, 6) is -0.146. The molecule has 0 fully saturated rings. The van der Waals surface area contributed by atoms with Gasteiger partial charge in [0.15, 0.2) is 5.78 Å². The predicted molar refractivity (Wildman–Crippen MR) is 79.7 cm³/mol. The maximum Gasteiger partial charge on any atom is 0.207 e. The highest BCUT2D eigenvalue weighted by atomic mass is 31.2. The number of rotatable bonds is 6. The van der Waals surface area contributed by atoms with Crippen molar-refractivity contribution in [1.29, 1.82) is 0 Å². The fourth-order valence-electron chi connectivity index (χ4n) is 1.95. The molecule has 0 aliphatic rings. The van der Waals surface area contributed by atoms with Crippen LogP contribution in [0.15, 0.2) is 48.8 Å². The van der Waals surface area contributed by atoms with Gasteiger partial charge in [-0.1, -0.05) is 18.2 Å². The number of hydrogen-bond acceptors (Lipinski definition) is 3. The van der Waals surface area contributed by atoms with E-state index in [2.05, 4.69) is 0 Å². The molecular formula is C15H18NO3P. The third-order valence-electron chi connectivity index (χ3n) is 3.10. The van der Waals surface area contributed by atoms with Crippen molar-refractivity contribution >= 4 is 13.2 Å². The van der Waals surface area contributed by atoms with Crippen molar-refractivity contribution in [3.05, 3.63) is 59.9 Å². The lowest BCUT2D eigenvalue weighted by molar-refractivity contribution is 0.101. The Kier molecular flexibility index (Phi) is 4.58. The molecule has 0 amide bonds. The smallest absolute Gasteiger partial charge is 0.207 e. The van der Waals surface area contributed by atoms with Crippen LogP contribution in [-0.2, 0) is 15.6 Å². The molecule has 106 valence electrons. The number of benzene rings is 1. The fourth-order valence-corrected chi connectivity index (χ4v) is 2.78. The van der Waals surface area contributed by atoms with E-state index < -0.39 is 7.37 Å². The first-order valence-corrected chi connectivity index (χ1v) is 8.61. The fraction of sp³-hybridized carbons (Fsp3) is 0.267. The molecular weight excluding hydrogens is 273 g/mol. The number of nitrogens with zero attached hydrogens (tertiary/aromatic N) is 1. The highest BCUT2D eigenvalue weighted by Crippen LogP contribution is 2.41. The van der Waals surface area contributed by atoms with Crippen LogP contribution in [0.25, 0.3) is 0 Å². The largest absolute Gasteiger partial charge is 0.350 e. The predicted octanol–water partition coefficient (Wildman–Crippen LogP) is 3.27. The Morgan fingerprint density at radius 3 is 2.60 bits per heavy atom. The molecule has 1 atom stereocenters. The van der Waals surface area contributed by atoms with Crippen molar-refractivity contribution in [2.24, 2.45) is 0 Å². The zero-order valence-corrected chi connectivity index (χ0v) is 12.5. The minimum Gasteiger partial charge on any atom is -0.350 e. The van der Waals surface area contributed by atoms with Gasteiger partial charge < -0.3 is 9.09 Å². The minimum atomic E-state index is -2.82. The monoisotopic (exact) mass is 291 g/mol. The zero-order valence-electron chi connectivity index (χ0n) is 11.7. The van der Waals surface area contributed by atoms with Crippen molar-refractivity contribution in [2.75, 3.05) is 19.9 Å². The number of ketones is 1. The highest BCUT2D eigenvalue weighted by molar-refractivity contribution is 7.59. The molecule has 0 N–H and O–H groups in total. The van der Waals surface area contributed by atoms with Crippen molar-refractivity contribution in [2.45, 2.75) is 6.54 Å². The first-order valence-electron chi connectivity index (χ1n) is 6.35. The highest BCUT2D eigenvalue weighted by Gasteiger charge is 2.20. The van der Waals surface area contributed by atoms with Crippen molar-refractivity contribution in [1.82, 2.24) is 4.57 Å². The summed E-state index contributed by atoms with van der Waals surface area (Å²) in [6.45, 7) is 2.19. The van der Waals surface area contributed by atoms with Gasteiger partial charge in [0.2, 0.25) is 7.37 Å². The van der Waals surface area contributed by atoms with Crippen molar-refractivity contribution in [3.63, 3.8) is 0 Å². The molecule has 1 unspecified atom stereocenters. The van der Waals surface area contributed by atoms with Crippen LogP contribution in [0.2, 0.25) is 0 Å². The van der Waals surface area contributed by atoms with Crippen LogP contribution in [0.5, 0.6) is 0 Å². The molecule has 2 rings (SSSR count). The molecule has 0 aliphatic carbocycles. The van der Waals surface area contributed by atoms with Gasteiger partial charge in [-0.2, -0.15) is 0 Å². The average molecular weight is 291 g/mol. The van der Waals surface area contributed by atoms with E-state index in [-0.39, 0.29) is 11.9 Å². The van der Waals surface area contributed by atoms with Crippen LogP contribution < -0.4 is 0 Å². The molecule has 0 saturated heterocycles. The lowest BCUT2D eigenvalue weighted by Gasteiger charge is -2.10. The standard InChI is InChI=1S/C15H18NO3P/c1-19-20(2,18)12-15(17)14-7-5-6-13(10-14)11-16-8-3-4-9-16/h3-10H,11-12H2,1-2H3. The Hall–Kier alpha value is -1.64. The van der Waals surface area contributed by atoms with Gasteiger partial charge >= 0.3 is 0 Å². The van der Waals surface area contributed by atoms with E-state index in [1.54, 1.807) is 6.07 Å². The lowest BCUT2D eigenvalue weighted by atomic mass is 10.1. The normalized spacial score (nSPS) is 13.9. The molecule has 20 heavy (non-hydrogen) atoms. The molecule has 1 aromatic carbocycles. The summed E-state index contributed by atoms with van der Waals surface area (Å²) in [6, 6.07) is 11.3. The Morgan fingerprint density at radius 2 is 1.95 bits per heavy atom. The molecule has 0 bridgehead atoms. The average Bonchev–Trinajstić information content (AvgIpc) is 2.91. The molecule has 0 radical (unpaired) electrons. The van der Waals surface area contributed by atoms with E-state index >= 15 is 0 Å². The van der Waals surface area contributed by atoms with Gasteiger partial charge in [0.05, 0.1) is 6.16 Å². The van der Waals surface area contributed by atoms with Gasteiger partial charge in [-0.25, -0.2) is 0 Å². The summed E-state index contributed by atoms with van der Waals surface area (Å²) in [7, 11) is -1.45. The molecule has 1 heterocycles. The summed E-state index contributed by atoms with van der Waals surface area (Å²) in [4.78, 5) is 12.1. The third kappa shape index (κ3) is 3.92. The third-order valence-corrected chi connectivity index (χ3v) is 4.73. The van der Waals surface area contributed by atoms with Gasteiger partial charge in [0.1, 0.15) is 0 Å². The van der Waals surface area contributed by atoms with E-state index in [4.69, 9.17) is 4.52 Å². The SMILES string of the molecule is COP(C)(=O)CC(=O)c1cccc(Cn2cccc2)c1. The second-order valence-corrected chi connectivity index (χ2v) is 7.54. The first-order chi connectivity index (χ1) is 9.50. The van der Waals surface area contributed by atoms with Crippen LogP contribution >= 0.6 is 7.37 Å². The van der Waals surface area contributed by atoms with E-state index in [0.717, 1.165) is 5.56 Å². The van der Waals surface area contributed by atoms with Gasteiger partial charge in [0.25, 0.3) is 0 Å². The Morgan fingerprint density at radius 1 is 1.25 bits per heavy atom. The Balaban J connectivity index is 2.13. The van der Waals surface area contributed by atoms with Crippen LogP contribution in [0.3, 0.4) is 0 Å². The molecule has 0 saturated carbocycles. The molecule has 2 aromatic rings. The summed E-state index contributed by atoms with van der Waals surface area (Å²) < 4.78 is 18.8. The van der Waals surface area contributed by atoms with Crippen LogP contribution in [0.1, 0.15) is 15.9 Å². The summed E-state index contributed by atoms with van der Waals surface area (Å²) >= 11 is 0. The summed E-state index contributed by atoms with van der Waals surface area (Å²) in [5.41, 5.74) is 1.61. The Bertz CT molecular complexity index is 634. The summed E-state index contributed by atoms with van der Waals surface area (Å²) in [6.07, 6.45) is 3.88. The topological polar surface area (TPSA) is 48.3 Å². The van der Waals surface area contributed by atoms with Gasteiger partial charge in [0, 0.05) is 38.3 Å². The van der Waals surface area contributed by atoms with E-state index in [0.29, 0.717) is 12.1 Å². The van der Waals surface area contributed by atoms with E-state index in [1.807, 2.05) is 47.3 Å². The first kappa shape index (κ1) is 14.8. The molecule has 0 spiro atoms. The maximum atomic E-state index is 12.1. The van der Waals surface area contributed by atoms with E-state index in [1.165, 1.54) is 13.8 Å². The minimum absolute atomic E-state index is 0.0591. The molecule has 0 aliphatic heterocycles. The van der Waals surface area contributed by atoms with Gasteiger partial charge in [-0.05, 0) is 23.8 Å². The van der Waals surface area contributed by atoms with Gasteiger partial charge in [-0.3, -0.25) is 9.36 Å². The number of Topliss-reactive ketones (excluding diaryl/α,β-unsaturated/α-hetero) is 1. The number of carbonyl (C=O) groups is 1.